The minimum Gasteiger partial charge on any atom is -0.379 e. The molecular formula is C19H29N3O2. The van der Waals surface area contributed by atoms with Crippen molar-refractivity contribution in [2.45, 2.75) is 20.3 Å². The molecule has 1 fully saturated rings. The highest BCUT2D eigenvalue weighted by Gasteiger charge is 2.26. The van der Waals surface area contributed by atoms with Crippen molar-refractivity contribution in [2.75, 3.05) is 62.3 Å². The minimum absolute atomic E-state index is 0.241. The van der Waals surface area contributed by atoms with E-state index < -0.39 is 0 Å². The largest absolute Gasteiger partial charge is 0.379 e. The summed E-state index contributed by atoms with van der Waals surface area (Å²) in [6.45, 7) is 11.7. The van der Waals surface area contributed by atoms with Crippen LogP contribution in [0.3, 0.4) is 0 Å². The fourth-order valence-electron chi connectivity index (χ4n) is 3.46. The average molecular weight is 331 g/mol. The highest BCUT2D eigenvalue weighted by Crippen LogP contribution is 2.33. The average Bonchev–Trinajstić information content (AvgIpc) is 2.60. The van der Waals surface area contributed by atoms with Crippen LogP contribution in [0.1, 0.15) is 20.3 Å². The van der Waals surface area contributed by atoms with Gasteiger partial charge in [-0.3, -0.25) is 9.69 Å². The molecule has 24 heavy (non-hydrogen) atoms. The zero-order chi connectivity index (χ0) is 16.9. The van der Waals surface area contributed by atoms with Gasteiger partial charge in [-0.05, 0) is 18.1 Å². The molecule has 0 atom stereocenters. The first-order chi connectivity index (χ1) is 11.6. The molecule has 1 aromatic rings. The molecule has 2 aliphatic rings. The highest BCUT2D eigenvalue weighted by molar-refractivity contribution is 5.97. The number of anilines is 2. The van der Waals surface area contributed by atoms with E-state index in [1.54, 1.807) is 0 Å². The maximum Gasteiger partial charge on any atom is 0.227 e. The normalized spacial score (nSPS) is 18.8. The predicted octanol–water partition coefficient (Wildman–Crippen LogP) is 2.22. The predicted molar refractivity (Wildman–Crippen MR) is 97.7 cm³/mol. The van der Waals surface area contributed by atoms with Crippen molar-refractivity contribution in [3.8, 4) is 0 Å². The second-order valence-corrected chi connectivity index (χ2v) is 7.07. The van der Waals surface area contributed by atoms with Crippen molar-refractivity contribution < 1.29 is 9.53 Å². The summed E-state index contributed by atoms with van der Waals surface area (Å²) in [6.07, 6.45) is 0.613. The van der Waals surface area contributed by atoms with Gasteiger partial charge < -0.3 is 14.5 Å². The van der Waals surface area contributed by atoms with Gasteiger partial charge in [-0.25, -0.2) is 0 Å². The van der Waals surface area contributed by atoms with Crippen LogP contribution in [0.4, 0.5) is 11.4 Å². The first kappa shape index (κ1) is 17.2. The molecule has 1 amide bonds. The molecule has 0 bridgehead atoms. The monoisotopic (exact) mass is 331 g/mol. The van der Waals surface area contributed by atoms with Crippen LogP contribution >= 0.6 is 0 Å². The Hall–Kier alpha value is -1.59. The number of para-hydroxylation sites is 2. The zero-order valence-electron chi connectivity index (χ0n) is 14.9. The van der Waals surface area contributed by atoms with E-state index in [9.17, 15) is 4.79 Å². The summed E-state index contributed by atoms with van der Waals surface area (Å²) in [5.41, 5.74) is 2.26. The summed E-state index contributed by atoms with van der Waals surface area (Å²) in [6, 6.07) is 8.31. The van der Waals surface area contributed by atoms with Crippen LogP contribution in [0.5, 0.6) is 0 Å². The Morgan fingerprint density at radius 2 is 1.75 bits per heavy atom. The van der Waals surface area contributed by atoms with Crippen LogP contribution in [-0.4, -0.2) is 63.3 Å². The number of carbonyl (C=O) groups excluding carboxylic acids is 1. The van der Waals surface area contributed by atoms with E-state index in [4.69, 9.17) is 4.74 Å². The molecule has 3 rings (SSSR count). The van der Waals surface area contributed by atoms with Crippen LogP contribution in [-0.2, 0) is 9.53 Å². The quantitative estimate of drug-likeness (QED) is 0.829. The first-order valence-corrected chi connectivity index (χ1v) is 9.09. The topological polar surface area (TPSA) is 36.0 Å². The smallest absolute Gasteiger partial charge is 0.227 e. The Labute approximate surface area is 145 Å². The van der Waals surface area contributed by atoms with Gasteiger partial charge in [0.2, 0.25) is 5.91 Å². The van der Waals surface area contributed by atoms with Crippen molar-refractivity contribution in [3.63, 3.8) is 0 Å². The molecule has 0 spiro atoms. The van der Waals surface area contributed by atoms with Gasteiger partial charge in [0.15, 0.2) is 0 Å². The molecule has 132 valence electrons. The summed E-state index contributed by atoms with van der Waals surface area (Å²) < 4.78 is 5.42. The molecule has 0 saturated carbocycles. The van der Waals surface area contributed by atoms with Crippen LogP contribution in [0.2, 0.25) is 0 Å². The van der Waals surface area contributed by atoms with Crippen LogP contribution in [0.15, 0.2) is 24.3 Å². The third kappa shape index (κ3) is 4.08. The number of benzene rings is 1. The number of hydrogen-bond donors (Lipinski definition) is 0. The Morgan fingerprint density at radius 3 is 2.46 bits per heavy atom. The molecule has 0 radical (unpaired) electrons. The number of ether oxygens (including phenoxy) is 1. The molecule has 5 heteroatoms. The second kappa shape index (κ2) is 7.99. The lowest BCUT2D eigenvalue weighted by Crippen LogP contribution is -2.47. The fraction of sp³-hybridized carbons (Fsp3) is 0.632. The third-order valence-corrected chi connectivity index (χ3v) is 4.78. The van der Waals surface area contributed by atoms with Gasteiger partial charge in [0, 0.05) is 45.7 Å². The van der Waals surface area contributed by atoms with Gasteiger partial charge in [0.1, 0.15) is 0 Å². The van der Waals surface area contributed by atoms with Crippen molar-refractivity contribution in [1.29, 1.82) is 0 Å². The molecule has 5 nitrogen and oxygen atoms in total. The van der Waals surface area contributed by atoms with Gasteiger partial charge in [-0.2, -0.15) is 0 Å². The maximum absolute atomic E-state index is 12.6. The van der Waals surface area contributed by atoms with E-state index in [1.807, 2.05) is 11.0 Å². The molecule has 0 unspecified atom stereocenters. The summed E-state index contributed by atoms with van der Waals surface area (Å²) in [5, 5.41) is 0. The molecule has 1 aromatic carbocycles. The zero-order valence-corrected chi connectivity index (χ0v) is 14.9. The summed E-state index contributed by atoms with van der Waals surface area (Å²) >= 11 is 0. The molecule has 0 aliphatic carbocycles. The molecule has 0 N–H and O–H groups in total. The second-order valence-electron chi connectivity index (χ2n) is 7.07. The third-order valence-electron chi connectivity index (χ3n) is 4.78. The van der Waals surface area contributed by atoms with Gasteiger partial charge in [-0.15, -0.1) is 0 Å². The van der Waals surface area contributed by atoms with Crippen LogP contribution in [0.25, 0.3) is 0 Å². The van der Waals surface area contributed by atoms with E-state index >= 15 is 0 Å². The molecule has 2 heterocycles. The van der Waals surface area contributed by atoms with Crippen molar-refractivity contribution in [3.05, 3.63) is 24.3 Å². The number of amides is 1. The highest BCUT2D eigenvalue weighted by atomic mass is 16.5. The summed E-state index contributed by atoms with van der Waals surface area (Å²) in [7, 11) is 0. The van der Waals surface area contributed by atoms with Crippen molar-refractivity contribution >= 4 is 17.3 Å². The van der Waals surface area contributed by atoms with Crippen molar-refractivity contribution in [2.24, 2.45) is 5.92 Å². The first-order valence-electron chi connectivity index (χ1n) is 9.09. The summed E-state index contributed by atoms with van der Waals surface area (Å²) in [5.74, 6) is 0.634. The van der Waals surface area contributed by atoms with Gasteiger partial charge >= 0.3 is 0 Å². The van der Waals surface area contributed by atoms with E-state index in [1.165, 1.54) is 5.69 Å². The number of nitrogens with zero attached hydrogens (tertiary/aromatic N) is 3. The standard InChI is InChI=1S/C19H29N3O2/c1-16(2)15-19(23)22-10-9-21(17-5-3-4-6-18(17)22)8-7-20-11-13-24-14-12-20/h3-6,16H,7-15H2,1-2H3. The number of fused-ring (bicyclic) bond motifs is 1. The Balaban J connectivity index is 1.68. The Kier molecular flexibility index (Phi) is 5.74. The van der Waals surface area contributed by atoms with E-state index in [0.717, 1.165) is 58.2 Å². The van der Waals surface area contributed by atoms with Crippen LogP contribution in [0, 0.1) is 5.92 Å². The summed E-state index contributed by atoms with van der Waals surface area (Å²) in [4.78, 5) is 19.4. The number of morpholine rings is 1. The lowest BCUT2D eigenvalue weighted by Gasteiger charge is -2.39. The fourth-order valence-corrected chi connectivity index (χ4v) is 3.46. The Bertz CT molecular complexity index is 555. The molecule has 1 saturated heterocycles. The van der Waals surface area contributed by atoms with Gasteiger partial charge in [0.25, 0.3) is 0 Å². The lowest BCUT2D eigenvalue weighted by molar-refractivity contribution is -0.119. The Morgan fingerprint density at radius 1 is 1.04 bits per heavy atom. The lowest BCUT2D eigenvalue weighted by atomic mass is 10.1. The SMILES string of the molecule is CC(C)CC(=O)N1CCN(CCN2CCOCC2)c2ccccc21. The number of hydrogen-bond acceptors (Lipinski definition) is 4. The van der Waals surface area contributed by atoms with Gasteiger partial charge in [0.05, 0.1) is 24.6 Å². The van der Waals surface area contributed by atoms with Gasteiger partial charge in [-0.1, -0.05) is 26.0 Å². The number of rotatable bonds is 5. The molecular weight excluding hydrogens is 302 g/mol. The van der Waals surface area contributed by atoms with E-state index in [-0.39, 0.29) is 5.91 Å². The molecule has 0 aromatic heterocycles. The van der Waals surface area contributed by atoms with E-state index in [0.29, 0.717) is 12.3 Å². The maximum atomic E-state index is 12.6. The van der Waals surface area contributed by atoms with Crippen molar-refractivity contribution in [1.82, 2.24) is 4.90 Å². The molecule has 2 aliphatic heterocycles. The van der Waals surface area contributed by atoms with Crippen LogP contribution < -0.4 is 9.80 Å². The minimum atomic E-state index is 0.241. The number of carbonyl (C=O) groups is 1. The van der Waals surface area contributed by atoms with E-state index in [2.05, 4.69) is 41.8 Å².